The van der Waals surface area contributed by atoms with Crippen LogP contribution in [0, 0.1) is 5.92 Å². The summed E-state index contributed by atoms with van der Waals surface area (Å²) in [7, 11) is 0. The van der Waals surface area contributed by atoms with Gasteiger partial charge in [0.15, 0.2) is 0 Å². The molecule has 0 aromatic rings. The average molecular weight is 154 g/mol. The molecule has 0 bridgehead atoms. The molecule has 0 aromatic heterocycles. The van der Waals surface area contributed by atoms with Crippen molar-refractivity contribution >= 4 is 6.21 Å². The fourth-order valence-electron chi connectivity index (χ4n) is 1.54. The molecule has 0 N–H and O–H groups in total. The van der Waals surface area contributed by atoms with Crippen molar-refractivity contribution in [3.63, 3.8) is 0 Å². The molecule has 1 atom stereocenters. The topological polar surface area (TPSA) is 15.6 Å². The molecule has 0 amide bonds. The molecule has 0 saturated carbocycles. The zero-order chi connectivity index (χ0) is 8.43. The number of rotatable bonds is 2. The normalized spacial score (nSPS) is 24.2. The molecule has 0 unspecified atom stereocenters. The van der Waals surface area contributed by atoms with Gasteiger partial charge >= 0.3 is 0 Å². The Labute approximate surface area is 69.3 Å². The van der Waals surface area contributed by atoms with Crippen molar-refractivity contribution in [2.45, 2.75) is 46.2 Å². The summed E-state index contributed by atoms with van der Waals surface area (Å²) in [6.07, 6.45) is 3.15. The third-order valence-corrected chi connectivity index (χ3v) is 2.20. The fourth-order valence-corrected chi connectivity index (χ4v) is 1.54. The summed E-state index contributed by atoms with van der Waals surface area (Å²) in [4.78, 5) is 0. The Balaban J connectivity index is 2.56. The maximum Gasteiger partial charge on any atom is 0.0546 e. The average Bonchev–Trinajstić information content (AvgIpc) is 2.32. The van der Waals surface area contributed by atoms with Crippen LogP contribution in [-0.2, 0) is 0 Å². The first-order valence-electron chi connectivity index (χ1n) is 4.43. The van der Waals surface area contributed by atoms with Gasteiger partial charge in [0.05, 0.1) is 6.04 Å². The van der Waals surface area contributed by atoms with Crippen LogP contribution in [0.4, 0.5) is 0 Å². The van der Waals surface area contributed by atoms with Crippen LogP contribution in [0.5, 0.6) is 0 Å². The second-order valence-corrected chi connectivity index (χ2v) is 3.82. The van der Waals surface area contributed by atoms with E-state index in [4.69, 9.17) is 0 Å². The minimum Gasteiger partial charge on any atom is -0.291 e. The molecule has 0 aliphatic carbocycles. The Morgan fingerprint density at radius 3 is 2.36 bits per heavy atom. The van der Waals surface area contributed by atoms with Crippen molar-refractivity contribution in [1.29, 1.82) is 0 Å². The number of hydrazone groups is 1. The molecule has 1 rings (SSSR count). The van der Waals surface area contributed by atoms with Gasteiger partial charge in [-0.3, -0.25) is 5.01 Å². The summed E-state index contributed by atoms with van der Waals surface area (Å²) >= 11 is 0. The molecule has 2 nitrogen and oxygen atoms in total. The van der Waals surface area contributed by atoms with Crippen LogP contribution in [0.3, 0.4) is 0 Å². The molecule has 1 heterocycles. The van der Waals surface area contributed by atoms with E-state index < -0.39 is 0 Å². The maximum absolute atomic E-state index is 4.35. The Kier molecular flexibility index (Phi) is 2.53. The van der Waals surface area contributed by atoms with Crippen molar-refractivity contribution in [1.82, 2.24) is 5.01 Å². The third kappa shape index (κ3) is 1.73. The molecular formula is C9H18N2. The predicted octanol–water partition coefficient (Wildman–Crippen LogP) is 2.11. The quantitative estimate of drug-likeness (QED) is 0.594. The van der Waals surface area contributed by atoms with E-state index in [1.165, 1.54) is 0 Å². The first kappa shape index (κ1) is 8.57. The first-order valence-corrected chi connectivity index (χ1v) is 4.43. The summed E-state index contributed by atoms with van der Waals surface area (Å²) in [5, 5.41) is 6.56. The first-order chi connectivity index (χ1) is 5.13. The standard InChI is InChI=1S/C9H18N2/c1-7(2)9-5-6-10-11(9)8(3)4/h6-9H,5H2,1-4H3/t9-/m0/s1. The van der Waals surface area contributed by atoms with E-state index in [2.05, 4.69) is 37.8 Å². The van der Waals surface area contributed by atoms with Gasteiger partial charge < -0.3 is 0 Å². The van der Waals surface area contributed by atoms with Gasteiger partial charge in [0.1, 0.15) is 0 Å². The fraction of sp³-hybridized carbons (Fsp3) is 0.889. The van der Waals surface area contributed by atoms with Gasteiger partial charge in [-0.2, -0.15) is 5.10 Å². The third-order valence-electron chi connectivity index (χ3n) is 2.20. The van der Waals surface area contributed by atoms with E-state index in [-0.39, 0.29) is 0 Å². The molecule has 2 heteroatoms. The molecule has 0 radical (unpaired) electrons. The smallest absolute Gasteiger partial charge is 0.0546 e. The van der Waals surface area contributed by atoms with Crippen LogP contribution in [0.2, 0.25) is 0 Å². The van der Waals surface area contributed by atoms with Gasteiger partial charge in [-0.1, -0.05) is 13.8 Å². The Bertz CT molecular complexity index is 150. The lowest BCUT2D eigenvalue weighted by atomic mass is 10.0. The largest absolute Gasteiger partial charge is 0.291 e. The van der Waals surface area contributed by atoms with Crippen LogP contribution in [-0.4, -0.2) is 23.3 Å². The number of hydrogen-bond acceptors (Lipinski definition) is 2. The maximum atomic E-state index is 4.35. The molecule has 0 fully saturated rings. The van der Waals surface area contributed by atoms with Crippen LogP contribution in [0.1, 0.15) is 34.1 Å². The van der Waals surface area contributed by atoms with E-state index >= 15 is 0 Å². The van der Waals surface area contributed by atoms with E-state index in [9.17, 15) is 0 Å². The van der Waals surface area contributed by atoms with Crippen molar-refractivity contribution in [3.8, 4) is 0 Å². The predicted molar refractivity (Wildman–Crippen MR) is 48.7 cm³/mol. The van der Waals surface area contributed by atoms with Crippen LogP contribution in [0.25, 0.3) is 0 Å². The SMILES string of the molecule is CC(C)[C@@H]1CC=NN1C(C)C. The highest BCUT2D eigenvalue weighted by molar-refractivity contribution is 5.59. The summed E-state index contributed by atoms with van der Waals surface area (Å²) < 4.78 is 0. The van der Waals surface area contributed by atoms with Crippen LogP contribution < -0.4 is 0 Å². The highest BCUT2D eigenvalue weighted by atomic mass is 15.5. The van der Waals surface area contributed by atoms with Gasteiger partial charge in [0, 0.05) is 18.7 Å². The second kappa shape index (κ2) is 3.24. The number of hydrogen-bond donors (Lipinski definition) is 0. The van der Waals surface area contributed by atoms with Crippen molar-refractivity contribution in [3.05, 3.63) is 0 Å². The minimum atomic E-state index is 0.543. The molecule has 64 valence electrons. The molecule has 1 aliphatic heterocycles. The number of nitrogens with zero attached hydrogens (tertiary/aromatic N) is 2. The molecule has 1 aliphatic rings. The highest BCUT2D eigenvalue weighted by Gasteiger charge is 2.25. The van der Waals surface area contributed by atoms with E-state index in [1.807, 2.05) is 6.21 Å². The van der Waals surface area contributed by atoms with Gasteiger partial charge in [-0.25, -0.2) is 0 Å². The van der Waals surface area contributed by atoms with E-state index in [1.54, 1.807) is 0 Å². The lowest BCUT2D eigenvalue weighted by Crippen LogP contribution is -2.36. The summed E-state index contributed by atoms with van der Waals surface area (Å²) in [6, 6.07) is 1.18. The van der Waals surface area contributed by atoms with Crippen molar-refractivity contribution in [2.24, 2.45) is 11.0 Å². The summed E-state index contributed by atoms with van der Waals surface area (Å²) in [6.45, 7) is 8.90. The second-order valence-electron chi connectivity index (χ2n) is 3.82. The Morgan fingerprint density at radius 2 is 2.00 bits per heavy atom. The molecular weight excluding hydrogens is 136 g/mol. The van der Waals surface area contributed by atoms with Crippen LogP contribution in [0.15, 0.2) is 5.10 Å². The Hall–Kier alpha value is -0.530. The lowest BCUT2D eigenvalue weighted by Gasteiger charge is -2.29. The van der Waals surface area contributed by atoms with Gasteiger partial charge in [0.25, 0.3) is 0 Å². The summed E-state index contributed by atoms with van der Waals surface area (Å²) in [5.74, 6) is 0.708. The molecule has 11 heavy (non-hydrogen) atoms. The summed E-state index contributed by atoms with van der Waals surface area (Å²) in [5.41, 5.74) is 0. The van der Waals surface area contributed by atoms with Crippen molar-refractivity contribution < 1.29 is 0 Å². The highest BCUT2D eigenvalue weighted by Crippen LogP contribution is 2.20. The minimum absolute atomic E-state index is 0.543. The van der Waals surface area contributed by atoms with E-state index in [0.29, 0.717) is 18.0 Å². The molecule has 0 aromatic carbocycles. The van der Waals surface area contributed by atoms with Crippen LogP contribution >= 0.6 is 0 Å². The molecule has 0 spiro atoms. The Morgan fingerprint density at radius 1 is 1.36 bits per heavy atom. The van der Waals surface area contributed by atoms with Gasteiger partial charge in [-0.15, -0.1) is 0 Å². The zero-order valence-electron chi connectivity index (χ0n) is 7.91. The van der Waals surface area contributed by atoms with Gasteiger partial charge in [-0.05, 0) is 19.8 Å². The van der Waals surface area contributed by atoms with E-state index in [0.717, 1.165) is 6.42 Å². The van der Waals surface area contributed by atoms with Crippen molar-refractivity contribution in [2.75, 3.05) is 0 Å². The van der Waals surface area contributed by atoms with Gasteiger partial charge in [0.2, 0.25) is 0 Å². The molecule has 0 saturated heterocycles. The zero-order valence-corrected chi connectivity index (χ0v) is 7.91. The monoisotopic (exact) mass is 154 g/mol. The lowest BCUT2D eigenvalue weighted by molar-refractivity contribution is 0.146.